The van der Waals surface area contributed by atoms with Crippen LogP contribution in [0.5, 0.6) is 0 Å². The lowest BCUT2D eigenvalue weighted by Crippen LogP contribution is -2.66. The van der Waals surface area contributed by atoms with Crippen LogP contribution in [0.25, 0.3) is 0 Å². The number of hydrogen-bond donors (Lipinski definition) is 3. The van der Waals surface area contributed by atoms with E-state index >= 15 is 0 Å². The SMILES string of the molecule is CO[C@@H]1[C@@H](NC(C)=O)[C@@H](OP(=O)(O)O)O[C@H](COC(=O)C(C)(C)C)[C@@H]1OC(=O)C(C)(C)C. The molecule has 32 heavy (non-hydrogen) atoms. The summed E-state index contributed by atoms with van der Waals surface area (Å²) in [5.41, 5.74) is -1.75. The van der Waals surface area contributed by atoms with Crippen molar-refractivity contribution >= 4 is 25.7 Å². The maximum atomic E-state index is 12.6. The number of hydrogen-bond acceptors (Lipinski definition) is 9. The summed E-state index contributed by atoms with van der Waals surface area (Å²) in [4.78, 5) is 55.1. The lowest BCUT2D eigenvalue weighted by molar-refractivity contribution is -0.262. The third kappa shape index (κ3) is 8.42. The van der Waals surface area contributed by atoms with E-state index in [2.05, 4.69) is 5.32 Å². The maximum absolute atomic E-state index is 12.6. The molecular formula is C19H34NO11P. The van der Waals surface area contributed by atoms with Crippen LogP contribution in [-0.2, 0) is 42.4 Å². The lowest BCUT2D eigenvalue weighted by Gasteiger charge is -2.45. The number of ether oxygens (including phenoxy) is 4. The fourth-order valence-electron chi connectivity index (χ4n) is 2.75. The zero-order chi connectivity index (χ0) is 25.1. The molecule has 186 valence electrons. The van der Waals surface area contributed by atoms with Crippen LogP contribution in [0.3, 0.4) is 0 Å². The number of phosphoric acid groups is 1. The summed E-state index contributed by atoms with van der Waals surface area (Å²) in [7, 11) is -3.80. The highest BCUT2D eigenvalue weighted by molar-refractivity contribution is 7.46. The predicted octanol–water partition coefficient (Wildman–Crippen LogP) is 0.887. The van der Waals surface area contributed by atoms with Crippen LogP contribution >= 0.6 is 7.82 Å². The van der Waals surface area contributed by atoms with Crippen molar-refractivity contribution in [2.75, 3.05) is 13.7 Å². The van der Waals surface area contributed by atoms with Crippen molar-refractivity contribution in [3.05, 3.63) is 0 Å². The van der Waals surface area contributed by atoms with Gasteiger partial charge in [0.15, 0.2) is 12.4 Å². The first kappa shape index (κ1) is 28.5. The smallest absolute Gasteiger partial charge is 0.462 e. The highest BCUT2D eigenvalue weighted by Crippen LogP contribution is 2.41. The Morgan fingerprint density at radius 3 is 1.94 bits per heavy atom. The highest BCUT2D eigenvalue weighted by atomic mass is 31.2. The minimum Gasteiger partial charge on any atom is -0.462 e. The van der Waals surface area contributed by atoms with Gasteiger partial charge in [0.05, 0.1) is 10.8 Å². The summed E-state index contributed by atoms with van der Waals surface area (Å²) < 4.78 is 38.2. The van der Waals surface area contributed by atoms with Crippen LogP contribution in [0, 0.1) is 10.8 Å². The van der Waals surface area contributed by atoms with Crippen molar-refractivity contribution in [3.63, 3.8) is 0 Å². The van der Waals surface area contributed by atoms with Crippen LogP contribution in [0.15, 0.2) is 0 Å². The van der Waals surface area contributed by atoms with Crippen molar-refractivity contribution in [1.29, 1.82) is 0 Å². The van der Waals surface area contributed by atoms with Crippen LogP contribution < -0.4 is 5.32 Å². The van der Waals surface area contributed by atoms with E-state index in [1.807, 2.05) is 0 Å². The Labute approximate surface area is 187 Å². The molecule has 13 heteroatoms. The average Bonchev–Trinajstić information content (AvgIpc) is 2.59. The van der Waals surface area contributed by atoms with E-state index in [0.29, 0.717) is 0 Å². The molecule has 1 saturated heterocycles. The topological polar surface area (TPSA) is 167 Å². The van der Waals surface area contributed by atoms with Crippen molar-refractivity contribution in [1.82, 2.24) is 5.32 Å². The van der Waals surface area contributed by atoms with Gasteiger partial charge in [0.1, 0.15) is 24.9 Å². The van der Waals surface area contributed by atoms with Crippen LogP contribution in [0.4, 0.5) is 0 Å². The molecule has 0 aromatic rings. The van der Waals surface area contributed by atoms with E-state index in [4.69, 9.17) is 23.5 Å². The molecule has 1 aliphatic heterocycles. The third-order valence-electron chi connectivity index (χ3n) is 4.38. The molecule has 5 atom stereocenters. The second kappa shape index (κ2) is 10.6. The van der Waals surface area contributed by atoms with E-state index in [9.17, 15) is 28.7 Å². The molecule has 0 saturated carbocycles. The van der Waals surface area contributed by atoms with Crippen molar-refractivity contribution in [2.45, 2.75) is 79.1 Å². The van der Waals surface area contributed by atoms with Gasteiger partial charge in [0, 0.05) is 14.0 Å². The summed E-state index contributed by atoms with van der Waals surface area (Å²) in [6, 6.07) is -1.25. The normalized spacial score (nSPS) is 26.9. The molecule has 0 bridgehead atoms. The van der Waals surface area contributed by atoms with Gasteiger partial charge in [-0.25, -0.2) is 4.57 Å². The molecule has 0 aliphatic carbocycles. The third-order valence-corrected chi connectivity index (χ3v) is 4.86. The van der Waals surface area contributed by atoms with Crippen LogP contribution in [0.1, 0.15) is 48.5 Å². The quantitative estimate of drug-likeness (QED) is 0.347. The van der Waals surface area contributed by atoms with Crippen LogP contribution in [0.2, 0.25) is 0 Å². The standard InChI is InChI=1S/C19H34NO11P/c1-10(21)20-12-14(27-8)13(30-17(23)19(5,6)7)11(9-28-16(22)18(2,3)4)29-15(12)31-32(24,25)26/h11-15H,9H2,1-8H3,(H,20,21)(H2,24,25,26)/t11-,12-,13+,14-,15-/m1/s1. The summed E-state index contributed by atoms with van der Waals surface area (Å²) in [6.45, 7) is 10.5. The Morgan fingerprint density at radius 2 is 1.53 bits per heavy atom. The lowest BCUT2D eigenvalue weighted by atomic mass is 9.94. The van der Waals surface area contributed by atoms with E-state index in [0.717, 1.165) is 0 Å². The molecule has 0 radical (unpaired) electrons. The number of nitrogens with one attached hydrogen (secondary N) is 1. The Morgan fingerprint density at radius 1 is 1.00 bits per heavy atom. The fraction of sp³-hybridized carbons (Fsp3) is 0.842. The zero-order valence-electron chi connectivity index (χ0n) is 19.6. The summed E-state index contributed by atoms with van der Waals surface area (Å²) in [5, 5.41) is 2.45. The van der Waals surface area contributed by atoms with Gasteiger partial charge in [0.2, 0.25) is 5.91 Å². The van der Waals surface area contributed by atoms with Gasteiger partial charge in [-0.3, -0.25) is 18.9 Å². The second-order valence-electron chi connectivity index (χ2n) is 9.53. The Hall–Kier alpha value is -1.56. The first-order valence-corrected chi connectivity index (χ1v) is 11.5. The molecule has 0 unspecified atom stereocenters. The van der Waals surface area contributed by atoms with E-state index in [-0.39, 0.29) is 0 Å². The number of carbonyl (C=O) groups excluding carboxylic acids is 3. The summed E-state index contributed by atoms with van der Waals surface area (Å²) in [6.07, 6.45) is -5.24. The number of rotatable bonds is 7. The molecule has 1 amide bonds. The minimum absolute atomic E-state index is 0.425. The van der Waals surface area contributed by atoms with Crippen molar-refractivity contribution in [3.8, 4) is 0 Å². The van der Waals surface area contributed by atoms with Crippen molar-refractivity contribution < 1.29 is 52.2 Å². The van der Waals surface area contributed by atoms with Gasteiger partial charge >= 0.3 is 19.8 Å². The summed E-state index contributed by atoms with van der Waals surface area (Å²) >= 11 is 0. The van der Waals surface area contributed by atoms with Crippen molar-refractivity contribution in [2.24, 2.45) is 10.8 Å². The largest absolute Gasteiger partial charge is 0.472 e. The minimum atomic E-state index is -5.06. The Bertz CT molecular complexity index is 737. The molecule has 3 N–H and O–H groups in total. The molecule has 1 aliphatic rings. The molecule has 1 rings (SSSR count). The van der Waals surface area contributed by atoms with Gasteiger partial charge in [0.25, 0.3) is 0 Å². The van der Waals surface area contributed by atoms with E-state index in [1.54, 1.807) is 41.5 Å². The first-order chi connectivity index (χ1) is 14.4. The number of carbonyl (C=O) groups is 3. The molecule has 0 aromatic carbocycles. The molecule has 1 heterocycles. The van der Waals surface area contributed by atoms with Gasteiger partial charge in [-0.2, -0.15) is 0 Å². The van der Waals surface area contributed by atoms with E-state index < -0.39 is 73.7 Å². The predicted molar refractivity (Wildman–Crippen MR) is 110 cm³/mol. The fourth-order valence-corrected chi connectivity index (χ4v) is 3.20. The Balaban J connectivity index is 3.34. The molecular weight excluding hydrogens is 449 g/mol. The average molecular weight is 483 g/mol. The summed E-state index contributed by atoms with van der Waals surface area (Å²) in [5.74, 6) is -1.78. The zero-order valence-corrected chi connectivity index (χ0v) is 20.5. The first-order valence-electron chi connectivity index (χ1n) is 9.94. The van der Waals surface area contributed by atoms with Gasteiger partial charge in [-0.05, 0) is 41.5 Å². The molecule has 12 nitrogen and oxygen atoms in total. The highest BCUT2D eigenvalue weighted by Gasteiger charge is 2.52. The van der Waals surface area contributed by atoms with Crippen LogP contribution in [-0.4, -0.2) is 72.0 Å². The molecule has 0 aromatic heterocycles. The van der Waals surface area contributed by atoms with E-state index in [1.165, 1.54) is 14.0 Å². The Kier molecular flexibility index (Phi) is 9.41. The number of amides is 1. The van der Waals surface area contributed by atoms with Gasteiger partial charge < -0.3 is 34.1 Å². The van der Waals surface area contributed by atoms with Gasteiger partial charge in [-0.15, -0.1) is 0 Å². The van der Waals surface area contributed by atoms with Gasteiger partial charge in [-0.1, -0.05) is 0 Å². The second-order valence-corrected chi connectivity index (χ2v) is 10.7. The number of esters is 2. The number of phosphoric ester groups is 1. The molecule has 0 spiro atoms. The monoisotopic (exact) mass is 483 g/mol. The molecule has 1 fully saturated rings. The number of methoxy groups -OCH3 is 1. The maximum Gasteiger partial charge on any atom is 0.472 e.